The van der Waals surface area contributed by atoms with Crippen LogP contribution in [-0.2, 0) is 6.42 Å². The summed E-state index contributed by atoms with van der Waals surface area (Å²) in [6.07, 6.45) is 4.94. The van der Waals surface area contributed by atoms with Gasteiger partial charge in [0.1, 0.15) is 0 Å². The van der Waals surface area contributed by atoms with Crippen molar-refractivity contribution in [1.29, 1.82) is 0 Å². The molecule has 0 radical (unpaired) electrons. The van der Waals surface area contributed by atoms with Gasteiger partial charge in [-0.3, -0.25) is 4.98 Å². The quantitative estimate of drug-likeness (QED) is 0.745. The molecule has 2 nitrogen and oxygen atoms in total. The molecule has 2 rings (SSSR count). The van der Waals surface area contributed by atoms with Gasteiger partial charge in [-0.15, -0.1) is 0 Å². The minimum absolute atomic E-state index is 0.689. The molecular weight excluding hydrogens is 160 g/mol. The van der Waals surface area contributed by atoms with Crippen molar-refractivity contribution in [3.05, 3.63) is 30.1 Å². The Morgan fingerprint density at radius 1 is 1.38 bits per heavy atom. The summed E-state index contributed by atoms with van der Waals surface area (Å²) in [6, 6.07) is 4.11. The number of aromatic nitrogens is 2. The molecule has 0 aliphatic carbocycles. The maximum Gasteiger partial charge on any atom is 0.0881 e. The molecule has 0 saturated heterocycles. The van der Waals surface area contributed by atoms with E-state index in [1.54, 1.807) is 0 Å². The van der Waals surface area contributed by atoms with E-state index in [1.165, 1.54) is 11.1 Å². The molecule has 68 valence electrons. The molecule has 0 bridgehead atoms. The molecule has 2 aromatic heterocycles. The Labute approximate surface area is 78.0 Å². The number of H-pyrrole nitrogens is 1. The van der Waals surface area contributed by atoms with Gasteiger partial charge in [-0.1, -0.05) is 13.8 Å². The van der Waals surface area contributed by atoms with Gasteiger partial charge in [0.05, 0.1) is 11.0 Å². The summed E-state index contributed by atoms with van der Waals surface area (Å²) in [7, 11) is 0. The zero-order valence-corrected chi connectivity index (χ0v) is 8.04. The number of rotatable bonds is 2. The van der Waals surface area contributed by atoms with E-state index >= 15 is 0 Å². The van der Waals surface area contributed by atoms with Crippen LogP contribution in [-0.4, -0.2) is 9.97 Å². The molecule has 0 aliphatic rings. The fourth-order valence-corrected chi connectivity index (χ4v) is 1.63. The first-order valence-corrected chi connectivity index (χ1v) is 4.68. The first kappa shape index (κ1) is 8.30. The Bertz CT molecular complexity index is 401. The number of pyridine rings is 1. The van der Waals surface area contributed by atoms with E-state index in [0.717, 1.165) is 11.9 Å². The Kier molecular flexibility index (Phi) is 2.05. The Hall–Kier alpha value is -1.31. The Balaban J connectivity index is 2.48. The summed E-state index contributed by atoms with van der Waals surface area (Å²) in [4.78, 5) is 7.51. The van der Waals surface area contributed by atoms with E-state index in [2.05, 4.69) is 29.9 Å². The molecule has 2 aromatic rings. The van der Waals surface area contributed by atoms with Crippen LogP contribution in [0.1, 0.15) is 19.4 Å². The predicted molar refractivity (Wildman–Crippen MR) is 54.6 cm³/mol. The number of fused-ring (bicyclic) bond motifs is 1. The van der Waals surface area contributed by atoms with Crippen molar-refractivity contribution in [3.8, 4) is 0 Å². The van der Waals surface area contributed by atoms with Gasteiger partial charge in [-0.2, -0.15) is 0 Å². The first-order chi connectivity index (χ1) is 6.27. The number of nitrogens with zero attached hydrogens (tertiary/aromatic N) is 1. The van der Waals surface area contributed by atoms with Crippen molar-refractivity contribution in [2.45, 2.75) is 20.3 Å². The second-order valence-electron chi connectivity index (χ2n) is 3.81. The van der Waals surface area contributed by atoms with Crippen molar-refractivity contribution >= 4 is 11.0 Å². The summed E-state index contributed by atoms with van der Waals surface area (Å²) < 4.78 is 0. The largest absolute Gasteiger partial charge is 0.360 e. The lowest BCUT2D eigenvalue weighted by Gasteiger charge is -2.05. The fraction of sp³-hybridized carbons (Fsp3) is 0.364. The molecule has 0 unspecified atom stereocenters. The average Bonchev–Trinajstić information content (AvgIpc) is 2.51. The molecule has 2 heteroatoms. The second kappa shape index (κ2) is 3.21. The smallest absolute Gasteiger partial charge is 0.0881 e. The molecule has 0 amide bonds. The minimum Gasteiger partial charge on any atom is -0.360 e. The van der Waals surface area contributed by atoms with Gasteiger partial charge in [0.15, 0.2) is 0 Å². The first-order valence-electron chi connectivity index (χ1n) is 4.68. The van der Waals surface area contributed by atoms with Crippen molar-refractivity contribution in [3.63, 3.8) is 0 Å². The van der Waals surface area contributed by atoms with Crippen molar-refractivity contribution in [2.75, 3.05) is 0 Å². The standard InChI is InChI=1S/C11H14N2/c1-8(2)7-9-3-5-12-10-4-6-13-11(9)10/h3-6,8,13H,7H2,1-2H3. The zero-order valence-electron chi connectivity index (χ0n) is 8.04. The lowest BCUT2D eigenvalue weighted by atomic mass is 10.0. The van der Waals surface area contributed by atoms with Crippen LogP contribution in [0.2, 0.25) is 0 Å². The minimum atomic E-state index is 0.689. The van der Waals surface area contributed by atoms with Gasteiger partial charge < -0.3 is 4.98 Å². The van der Waals surface area contributed by atoms with Gasteiger partial charge >= 0.3 is 0 Å². The number of aromatic amines is 1. The molecular formula is C11H14N2. The average molecular weight is 174 g/mol. The highest BCUT2D eigenvalue weighted by Gasteiger charge is 2.03. The lowest BCUT2D eigenvalue weighted by molar-refractivity contribution is 0.649. The fourth-order valence-electron chi connectivity index (χ4n) is 1.63. The Morgan fingerprint density at radius 3 is 3.00 bits per heavy atom. The van der Waals surface area contributed by atoms with E-state index in [-0.39, 0.29) is 0 Å². The second-order valence-corrected chi connectivity index (χ2v) is 3.81. The van der Waals surface area contributed by atoms with Gasteiger partial charge in [-0.25, -0.2) is 0 Å². The van der Waals surface area contributed by atoms with Crippen LogP contribution in [0.3, 0.4) is 0 Å². The summed E-state index contributed by atoms with van der Waals surface area (Å²) in [5.74, 6) is 0.689. The highest BCUT2D eigenvalue weighted by atomic mass is 14.8. The summed E-state index contributed by atoms with van der Waals surface area (Å²) in [5, 5.41) is 0. The molecule has 0 aliphatic heterocycles. The molecule has 0 fully saturated rings. The molecule has 0 spiro atoms. The molecule has 1 N–H and O–H groups in total. The van der Waals surface area contributed by atoms with Crippen molar-refractivity contribution in [1.82, 2.24) is 9.97 Å². The Morgan fingerprint density at radius 2 is 2.23 bits per heavy atom. The van der Waals surface area contributed by atoms with Crippen molar-refractivity contribution in [2.24, 2.45) is 5.92 Å². The molecule has 0 saturated carbocycles. The van der Waals surface area contributed by atoms with Gasteiger partial charge in [0.2, 0.25) is 0 Å². The van der Waals surface area contributed by atoms with Crippen LogP contribution in [0.15, 0.2) is 24.5 Å². The third-order valence-electron chi connectivity index (χ3n) is 2.16. The van der Waals surface area contributed by atoms with Crippen molar-refractivity contribution < 1.29 is 0 Å². The summed E-state index contributed by atoms with van der Waals surface area (Å²) in [6.45, 7) is 4.46. The number of hydrogen-bond donors (Lipinski definition) is 1. The van der Waals surface area contributed by atoms with Crippen LogP contribution < -0.4 is 0 Å². The van der Waals surface area contributed by atoms with Gasteiger partial charge in [-0.05, 0) is 30.0 Å². The highest BCUT2D eigenvalue weighted by Crippen LogP contribution is 2.17. The van der Waals surface area contributed by atoms with E-state index in [9.17, 15) is 0 Å². The van der Waals surface area contributed by atoms with E-state index < -0.39 is 0 Å². The maximum atomic E-state index is 4.28. The van der Waals surface area contributed by atoms with Crippen LogP contribution in [0, 0.1) is 5.92 Å². The molecule has 0 atom stereocenters. The topological polar surface area (TPSA) is 28.7 Å². The summed E-state index contributed by atoms with van der Waals surface area (Å²) in [5.41, 5.74) is 3.62. The van der Waals surface area contributed by atoms with E-state index in [1.807, 2.05) is 18.5 Å². The maximum absolute atomic E-state index is 4.28. The monoisotopic (exact) mass is 174 g/mol. The van der Waals surface area contributed by atoms with Gasteiger partial charge in [0, 0.05) is 12.4 Å². The molecule has 13 heavy (non-hydrogen) atoms. The zero-order chi connectivity index (χ0) is 9.26. The van der Waals surface area contributed by atoms with Crippen LogP contribution in [0.5, 0.6) is 0 Å². The van der Waals surface area contributed by atoms with Gasteiger partial charge in [0.25, 0.3) is 0 Å². The summed E-state index contributed by atoms with van der Waals surface area (Å²) >= 11 is 0. The van der Waals surface area contributed by atoms with Crippen LogP contribution in [0.4, 0.5) is 0 Å². The lowest BCUT2D eigenvalue weighted by Crippen LogP contribution is -1.95. The van der Waals surface area contributed by atoms with E-state index in [4.69, 9.17) is 0 Å². The van der Waals surface area contributed by atoms with Crippen LogP contribution in [0.25, 0.3) is 11.0 Å². The molecule has 2 heterocycles. The van der Waals surface area contributed by atoms with Crippen LogP contribution >= 0.6 is 0 Å². The molecule has 0 aromatic carbocycles. The number of hydrogen-bond acceptors (Lipinski definition) is 1. The normalized spacial score (nSPS) is 11.3. The number of nitrogens with one attached hydrogen (secondary N) is 1. The highest BCUT2D eigenvalue weighted by molar-refractivity contribution is 5.78. The third-order valence-corrected chi connectivity index (χ3v) is 2.16. The predicted octanol–water partition coefficient (Wildman–Crippen LogP) is 2.76. The third kappa shape index (κ3) is 1.57. The SMILES string of the molecule is CC(C)Cc1ccnc2cc[nH]c12. The van der Waals surface area contributed by atoms with E-state index in [0.29, 0.717) is 5.92 Å².